The van der Waals surface area contributed by atoms with Gasteiger partial charge >= 0.3 is 0 Å². The molecule has 0 aromatic carbocycles. The average molecular weight is 203 g/mol. The fourth-order valence-electron chi connectivity index (χ4n) is 1.43. The van der Waals surface area contributed by atoms with Crippen molar-refractivity contribution in [2.45, 2.75) is 31.4 Å². The van der Waals surface area contributed by atoms with Gasteiger partial charge in [-0.25, -0.2) is 8.78 Å². The van der Waals surface area contributed by atoms with Crippen molar-refractivity contribution in [1.29, 1.82) is 5.26 Å². The smallest absolute Gasteiger partial charge is 0.268 e. The van der Waals surface area contributed by atoms with Crippen molar-refractivity contribution >= 4 is 5.91 Å². The van der Waals surface area contributed by atoms with Crippen LogP contribution in [0, 0.1) is 11.3 Å². The maximum Gasteiger partial charge on any atom is 0.268 e. The second kappa shape index (κ2) is 3.50. The van der Waals surface area contributed by atoms with Crippen molar-refractivity contribution in [3.8, 4) is 6.07 Å². The number of alkyl halides is 2. The zero-order valence-electron chi connectivity index (χ0n) is 7.70. The molecule has 1 amide bonds. The molecular formula is C8H11F2N3O. The molecule has 4 nitrogen and oxygen atoms in total. The first kappa shape index (κ1) is 10.9. The van der Waals surface area contributed by atoms with E-state index in [2.05, 4.69) is 0 Å². The van der Waals surface area contributed by atoms with E-state index in [0.29, 0.717) is 0 Å². The summed E-state index contributed by atoms with van der Waals surface area (Å²) in [5.74, 6) is -3.57. The predicted molar refractivity (Wildman–Crippen MR) is 44.3 cm³/mol. The molecule has 1 aliphatic rings. The van der Waals surface area contributed by atoms with Gasteiger partial charge in [0.2, 0.25) is 5.91 Å². The average Bonchev–Trinajstić information content (AvgIpc) is 2.39. The van der Waals surface area contributed by atoms with Crippen molar-refractivity contribution in [3.63, 3.8) is 0 Å². The highest BCUT2D eigenvalue weighted by Gasteiger charge is 2.47. The van der Waals surface area contributed by atoms with E-state index in [1.165, 1.54) is 6.92 Å². The molecule has 1 heterocycles. The number of halogens is 2. The summed E-state index contributed by atoms with van der Waals surface area (Å²) in [6.45, 7) is 0.707. The Balaban J connectivity index is 2.80. The van der Waals surface area contributed by atoms with Crippen LogP contribution in [0.2, 0.25) is 0 Å². The van der Waals surface area contributed by atoms with E-state index in [1.54, 1.807) is 6.07 Å². The van der Waals surface area contributed by atoms with E-state index in [-0.39, 0.29) is 0 Å². The Hall–Kier alpha value is -1.22. The third-order valence-corrected chi connectivity index (χ3v) is 2.09. The lowest BCUT2D eigenvalue weighted by molar-refractivity contribution is -0.133. The molecule has 0 aromatic rings. The van der Waals surface area contributed by atoms with E-state index < -0.39 is 36.9 Å². The molecule has 2 N–H and O–H groups in total. The van der Waals surface area contributed by atoms with Crippen LogP contribution in [0.1, 0.15) is 13.3 Å². The van der Waals surface area contributed by atoms with Crippen LogP contribution in [0.15, 0.2) is 0 Å². The molecule has 0 spiro atoms. The highest BCUT2D eigenvalue weighted by Crippen LogP contribution is 2.31. The predicted octanol–water partition coefficient (Wildman–Crippen LogP) is 0.0934. The number of carbonyl (C=O) groups is 1. The zero-order chi connectivity index (χ0) is 10.9. The Morgan fingerprint density at radius 1 is 1.79 bits per heavy atom. The molecule has 1 fully saturated rings. The van der Waals surface area contributed by atoms with Crippen molar-refractivity contribution in [2.75, 3.05) is 6.54 Å². The van der Waals surface area contributed by atoms with Crippen LogP contribution >= 0.6 is 0 Å². The van der Waals surface area contributed by atoms with Gasteiger partial charge in [-0.3, -0.25) is 4.79 Å². The molecule has 6 heteroatoms. The Morgan fingerprint density at radius 3 is 2.79 bits per heavy atom. The number of carbonyl (C=O) groups excluding carboxylic acids is 1. The fraction of sp³-hybridized carbons (Fsp3) is 0.750. The Bertz CT molecular complexity index is 285. The number of nitrogens with two attached hydrogens (primary N) is 1. The van der Waals surface area contributed by atoms with Crippen LogP contribution in [-0.2, 0) is 4.79 Å². The Labute approximate surface area is 80.3 Å². The maximum absolute atomic E-state index is 12.9. The molecule has 1 saturated heterocycles. The minimum Gasteiger partial charge on any atom is -0.320 e. The molecule has 1 rings (SSSR count). The quantitative estimate of drug-likeness (QED) is 0.656. The molecule has 0 saturated carbocycles. The third-order valence-electron chi connectivity index (χ3n) is 2.09. The molecular weight excluding hydrogens is 192 g/mol. The summed E-state index contributed by atoms with van der Waals surface area (Å²) in [6, 6.07) is -0.225. The number of likely N-dealkylation sites (tertiary alicyclic amines) is 1. The summed E-state index contributed by atoms with van der Waals surface area (Å²) in [5, 5.41) is 8.58. The van der Waals surface area contributed by atoms with Crippen LogP contribution in [0.25, 0.3) is 0 Å². The van der Waals surface area contributed by atoms with Crippen molar-refractivity contribution in [1.82, 2.24) is 4.90 Å². The van der Waals surface area contributed by atoms with E-state index >= 15 is 0 Å². The standard InChI is InChI=1S/C8H11F2N3O/c1-5(12)7(14)13-4-8(9,10)2-6(13)3-11/h5-6H,2,4,12H2,1H3. The first-order valence-electron chi connectivity index (χ1n) is 4.21. The van der Waals surface area contributed by atoms with Gasteiger partial charge in [0.15, 0.2) is 0 Å². The monoisotopic (exact) mass is 203 g/mol. The second-order valence-electron chi connectivity index (χ2n) is 3.46. The van der Waals surface area contributed by atoms with Gasteiger partial charge < -0.3 is 10.6 Å². The topological polar surface area (TPSA) is 70.1 Å². The third kappa shape index (κ3) is 1.99. The van der Waals surface area contributed by atoms with Crippen LogP contribution in [-0.4, -0.2) is 35.4 Å². The normalized spacial score (nSPS) is 27.1. The number of nitriles is 1. The van der Waals surface area contributed by atoms with Gasteiger partial charge in [-0.05, 0) is 6.92 Å². The van der Waals surface area contributed by atoms with Gasteiger partial charge in [0.1, 0.15) is 6.04 Å². The largest absolute Gasteiger partial charge is 0.320 e. The van der Waals surface area contributed by atoms with Crippen molar-refractivity contribution in [3.05, 3.63) is 0 Å². The van der Waals surface area contributed by atoms with Gasteiger partial charge in [-0.15, -0.1) is 0 Å². The fourth-order valence-corrected chi connectivity index (χ4v) is 1.43. The SMILES string of the molecule is CC(N)C(=O)N1CC(F)(F)CC1C#N. The van der Waals surface area contributed by atoms with Crippen LogP contribution < -0.4 is 5.73 Å². The number of rotatable bonds is 1. The summed E-state index contributed by atoms with van der Waals surface area (Å²) in [5.41, 5.74) is 5.28. The number of nitrogens with zero attached hydrogens (tertiary/aromatic N) is 2. The summed E-state index contributed by atoms with van der Waals surface area (Å²) < 4.78 is 25.7. The lowest BCUT2D eigenvalue weighted by Gasteiger charge is -2.20. The highest BCUT2D eigenvalue weighted by molar-refractivity contribution is 5.82. The minimum absolute atomic E-state index is 0.595. The lowest BCUT2D eigenvalue weighted by atomic mass is 10.2. The van der Waals surface area contributed by atoms with Gasteiger partial charge in [-0.1, -0.05) is 0 Å². The maximum atomic E-state index is 12.9. The summed E-state index contributed by atoms with van der Waals surface area (Å²) in [4.78, 5) is 12.2. The molecule has 0 aromatic heterocycles. The molecule has 78 valence electrons. The van der Waals surface area contributed by atoms with Gasteiger partial charge in [0, 0.05) is 6.42 Å². The summed E-state index contributed by atoms with van der Waals surface area (Å²) >= 11 is 0. The Kier molecular flexibility index (Phi) is 2.71. The van der Waals surface area contributed by atoms with Gasteiger partial charge in [0.25, 0.3) is 5.92 Å². The van der Waals surface area contributed by atoms with Gasteiger partial charge in [0.05, 0.1) is 18.7 Å². The minimum atomic E-state index is -2.97. The molecule has 0 radical (unpaired) electrons. The van der Waals surface area contributed by atoms with E-state index in [4.69, 9.17) is 11.0 Å². The summed E-state index contributed by atoms with van der Waals surface area (Å²) in [6.07, 6.45) is -0.595. The van der Waals surface area contributed by atoms with Crippen molar-refractivity contribution < 1.29 is 13.6 Å². The molecule has 0 bridgehead atoms. The van der Waals surface area contributed by atoms with Crippen molar-refractivity contribution in [2.24, 2.45) is 5.73 Å². The number of amides is 1. The van der Waals surface area contributed by atoms with E-state index in [9.17, 15) is 13.6 Å². The molecule has 1 aliphatic heterocycles. The van der Waals surface area contributed by atoms with E-state index in [1.807, 2.05) is 0 Å². The van der Waals surface area contributed by atoms with Crippen LogP contribution in [0.4, 0.5) is 8.78 Å². The molecule has 2 unspecified atom stereocenters. The highest BCUT2D eigenvalue weighted by atomic mass is 19.3. The summed E-state index contributed by atoms with van der Waals surface area (Å²) in [7, 11) is 0. The molecule has 14 heavy (non-hydrogen) atoms. The van der Waals surface area contributed by atoms with Crippen LogP contribution in [0.3, 0.4) is 0 Å². The molecule has 2 atom stereocenters. The zero-order valence-corrected chi connectivity index (χ0v) is 7.70. The molecule has 0 aliphatic carbocycles. The second-order valence-corrected chi connectivity index (χ2v) is 3.46. The number of hydrogen-bond donors (Lipinski definition) is 1. The Morgan fingerprint density at radius 2 is 2.36 bits per heavy atom. The number of hydrogen-bond acceptors (Lipinski definition) is 3. The van der Waals surface area contributed by atoms with Gasteiger partial charge in [-0.2, -0.15) is 5.26 Å². The first-order chi connectivity index (χ1) is 6.37. The first-order valence-corrected chi connectivity index (χ1v) is 4.21. The van der Waals surface area contributed by atoms with E-state index in [0.717, 1.165) is 4.90 Å². The van der Waals surface area contributed by atoms with Crippen LogP contribution in [0.5, 0.6) is 0 Å². The lowest BCUT2D eigenvalue weighted by Crippen LogP contribution is -2.44.